The predicted octanol–water partition coefficient (Wildman–Crippen LogP) is 3.26. The van der Waals surface area contributed by atoms with Crippen LogP contribution >= 0.6 is 0 Å². The van der Waals surface area contributed by atoms with Gasteiger partial charge in [-0.15, -0.1) is 0 Å². The normalized spacial score (nSPS) is 10.6. The lowest BCUT2D eigenvalue weighted by atomic mass is 10.1. The van der Waals surface area contributed by atoms with Gasteiger partial charge in [0.1, 0.15) is 0 Å². The van der Waals surface area contributed by atoms with Crippen molar-refractivity contribution < 1.29 is 0 Å². The van der Waals surface area contributed by atoms with Crippen LogP contribution in [0.4, 0.5) is 0 Å². The minimum atomic E-state index is 0.503. The molecule has 0 aromatic carbocycles. The van der Waals surface area contributed by atoms with Crippen LogP contribution in [0.1, 0.15) is 6.92 Å². The van der Waals surface area contributed by atoms with Gasteiger partial charge in [0.05, 0.1) is 0 Å². The van der Waals surface area contributed by atoms with E-state index in [1.54, 1.807) is 12.2 Å². The van der Waals surface area contributed by atoms with Crippen molar-refractivity contribution >= 4 is 0 Å². The highest BCUT2D eigenvalue weighted by molar-refractivity contribution is 5.44. The Morgan fingerprint density at radius 3 is 1.64 bits per heavy atom. The third-order valence-electron chi connectivity index (χ3n) is 1.48. The average molecular weight is 187 g/mol. The Balaban J connectivity index is 4.35. The molecular formula is C13H17N. The van der Waals surface area contributed by atoms with Crippen LogP contribution in [0.25, 0.3) is 0 Å². The summed E-state index contributed by atoms with van der Waals surface area (Å²) < 4.78 is 0. The SMILES string of the molecule is C=C(C)/C=C\C(=C)C(=C)/C=C\C(=C)N. The zero-order valence-corrected chi connectivity index (χ0v) is 8.72. The summed E-state index contributed by atoms with van der Waals surface area (Å²) in [6.07, 6.45) is 7.24. The maximum atomic E-state index is 5.38. The topological polar surface area (TPSA) is 26.0 Å². The Morgan fingerprint density at radius 1 is 0.857 bits per heavy atom. The Morgan fingerprint density at radius 2 is 1.29 bits per heavy atom. The number of hydrogen-bond acceptors (Lipinski definition) is 1. The molecule has 74 valence electrons. The van der Waals surface area contributed by atoms with Gasteiger partial charge in [0.2, 0.25) is 0 Å². The molecule has 0 aliphatic heterocycles. The molecule has 0 aromatic rings. The highest BCUT2D eigenvalue weighted by Gasteiger charge is 1.90. The maximum absolute atomic E-state index is 5.38. The van der Waals surface area contributed by atoms with Crippen molar-refractivity contribution in [1.29, 1.82) is 0 Å². The first kappa shape index (κ1) is 12.2. The van der Waals surface area contributed by atoms with Gasteiger partial charge in [0.15, 0.2) is 0 Å². The minimum absolute atomic E-state index is 0.503. The average Bonchev–Trinajstić information content (AvgIpc) is 2.09. The number of rotatable bonds is 5. The van der Waals surface area contributed by atoms with Gasteiger partial charge >= 0.3 is 0 Å². The van der Waals surface area contributed by atoms with E-state index < -0.39 is 0 Å². The Kier molecular flexibility index (Phi) is 5.08. The molecule has 1 heteroatoms. The van der Waals surface area contributed by atoms with Crippen molar-refractivity contribution in [2.24, 2.45) is 5.73 Å². The van der Waals surface area contributed by atoms with Crippen LogP contribution in [0, 0.1) is 0 Å². The summed E-state index contributed by atoms with van der Waals surface area (Å²) in [6, 6.07) is 0. The van der Waals surface area contributed by atoms with E-state index in [1.165, 1.54) is 0 Å². The first-order valence-corrected chi connectivity index (χ1v) is 4.27. The summed E-state index contributed by atoms with van der Waals surface area (Å²) in [5.41, 5.74) is 8.51. The standard InChI is InChI=1S/C13H17N/c1-10(2)6-7-11(3)12(4)8-9-13(5)14/h6-9H,1,3-5,14H2,2H3/b7-6-,9-8-. The van der Waals surface area contributed by atoms with Crippen LogP contribution in [0.5, 0.6) is 0 Å². The molecule has 0 aromatic heterocycles. The monoisotopic (exact) mass is 187 g/mol. The molecule has 0 radical (unpaired) electrons. The molecule has 0 saturated carbocycles. The Bertz CT molecular complexity index is 293. The minimum Gasteiger partial charge on any atom is -0.399 e. The van der Waals surface area contributed by atoms with E-state index in [4.69, 9.17) is 5.73 Å². The number of allylic oxidation sites excluding steroid dienone is 7. The first-order chi connectivity index (χ1) is 6.43. The smallest absolute Gasteiger partial charge is 0.0241 e. The molecule has 1 nitrogen and oxygen atoms in total. The van der Waals surface area contributed by atoms with Gasteiger partial charge in [-0.2, -0.15) is 0 Å². The summed E-state index contributed by atoms with van der Waals surface area (Å²) in [7, 11) is 0. The third-order valence-corrected chi connectivity index (χ3v) is 1.48. The highest BCUT2D eigenvalue weighted by Crippen LogP contribution is 2.09. The quantitative estimate of drug-likeness (QED) is 0.657. The molecule has 0 aliphatic rings. The van der Waals surface area contributed by atoms with Gasteiger partial charge in [0.25, 0.3) is 0 Å². The lowest BCUT2D eigenvalue weighted by molar-refractivity contribution is 1.44. The first-order valence-electron chi connectivity index (χ1n) is 4.27. The lowest BCUT2D eigenvalue weighted by Crippen LogP contribution is -1.89. The molecular weight excluding hydrogens is 170 g/mol. The van der Waals surface area contributed by atoms with E-state index in [1.807, 2.05) is 19.1 Å². The van der Waals surface area contributed by atoms with E-state index in [0.29, 0.717) is 5.70 Å². The highest BCUT2D eigenvalue weighted by atomic mass is 14.5. The molecule has 0 saturated heterocycles. The lowest BCUT2D eigenvalue weighted by Gasteiger charge is -1.98. The van der Waals surface area contributed by atoms with E-state index in [9.17, 15) is 0 Å². The van der Waals surface area contributed by atoms with Crippen molar-refractivity contribution in [2.45, 2.75) is 6.92 Å². The fraction of sp³-hybridized carbons (Fsp3) is 0.0769. The van der Waals surface area contributed by atoms with E-state index in [2.05, 4.69) is 26.3 Å². The van der Waals surface area contributed by atoms with Crippen LogP contribution in [-0.2, 0) is 0 Å². The summed E-state index contributed by atoms with van der Waals surface area (Å²) in [4.78, 5) is 0. The summed E-state index contributed by atoms with van der Waals surface area (Å²) in [5.74, 6) is 0. The molecule has 0 atom stereocenters. The van der Waals surface area contributed by atoms with Gasteiger partial charge < -0.3 is 5.73 Å². The van der Waals surface area contributed by atoms with Crippen LogP contribution in [0.15, 0.2) is 73.0 Å². The van der Waals surface area contributed by atoms with Crippen molar-refractivity contribution in [3.63, 3.8) is 0 Å². The van der Waals surface area contributed by atoms with Gasteiger partial charge in [-0.3, -0.25) is 0 Å². The van der Waals surface area contributed by atoms with Crippen molar-refractivity contribution in [3.05, 3.63) is 73.0 Å². The van der Waals surface area contributed by atoms with E-state index in [-0.39, 0.29) is 0 Å². The molecule has 0 heterocycles. The second-order valence-corrected chi connectivity index (χ2v) is 3.14. The molecule has 0 spiro atoms. The Labute approximate surface area is 86.3 Å². The van der Waals surface area contributed by atoms with Gasteiger partial charge in [-0.25, -0.2) is 0 Å². The molecule has 0 unspecified atom stereocenters. The molecule has 0 fully saturated rings. The van der Waals surface area contributed by atoms with Gasteiger partial charge in [0, 0.05) is 5.70 Å². The summed E-state index contributed by atoms with van der Waals surface area (Å²) >= 11 is 0. The number of nitrogens with two attached hydrogens (primary N) is 1. The zero-order valence-electron chi connectivity index (χ0n) is 8.72. The van der Waals surface area contributed by atoms with Crippen LogP contribution in [0.2, 0.25) is 0 Å². The molecule has 0 rings (SSSR count). The van der Waals surface area contributed by atoms with Gasteiger partial charge in [-0.05, 0) is 24.1 Å². The second kappa shape index (κ2) is 5.81. The van der Waals surface area contributed by atoms with Crippen LogP contribution in [0.3, 0.4) is 0 Å². The fourth-order valence-corrected chi connectivity index (χ4v) is 0.665. The van der Waals surface area contributed by atoms with Crippen molar-refractivity contribution in [2.75, 3.05) is 0 Å². The fourth-order valence-electron chi connectivity index (χ4n) is 0.665. The molecule has 0 amide bonds. The predicted molar refractivity (Wildman–Crippen MR) is 64.7 cm³/mol. The second-order valence-electron chi connectivity index (χ2n) is 3.14. The molecule has 0 aliphatic carbocycles. The third kappa shape index (κ3) is 5.84. The van der Waals surface area contributed by atoms with Crippen molar-refractivity contribution in [1.82, 2.24) is 0 Å². The maximum Gasteiger partial charge on any atom is 0.0241 e. The van der Waals surface area contributed by atoms with Crippen LogP contribution < -0.4 is 5.73 Å². The molecule has 0 bridgehead atoms. The van der Waals surface area contributed by atoms with E-state index >= 15 is 0 Å². The summed E-state index contributed by atoms with van der Waals surface area (Å²) in [6.45, 7) is 16.9. The van der Waals surface area contributed by atoms with Crippen molar-refractivity contribution in [3.8, 4) is 0 Å². The summed E-state index contributed by atoms with van der Waals surface area (Å²) in [5, 5.41) is 0. The molecule has 14 heavy (non-hydrogen) atoms. The van der Waals surface area contributed by atoms with Gasteiger partial charge in [-0.1, -0.05) is 50.1 Å². The zero-order chi connectivity index (χ0) is 11.1. The largest absolute Gasteiger partial charge is 0.399 e. The van der Waals surface area contributed by atoms with Crippen LogP contribution in [-0.4, -0.2) is 0 Å². The Hall–Kier alpha value is -1.76. The molecule has 2 N–H and O–H groups in total. The number of hydrogen-bond donors (Lipinski definition) is 1. The van der Waals surface area contributed by atoms with E-state index in [0.717, 1.165) is 16.7 Å².